The molecule has 3 heterocycles. The van der Waals surface area contributed by atoms with Crippen molar-refractivity contribution in [3.8, 4) is 0 Å². The van der Waals surface area contributed by atoms with Crippen molar-refractivity contribution in [1.29, 1.82) is 0 Å². The van der Waals surface area contributed by atoms with E-state index in [-0.39, 0.29) is 29.0 Å². The maximum absolute atomic E-state index is 12.5. The summed E-state index contributed by atoms with van der Waals surface area (Å²) < 4.78 is 7.06. The average molecular weight is 391 g/mol. The van der Waals surface area contributed by atoms with E-state index in [2.05, 4.69) is 26.6 Å². The van der Waals surface area contributed by atoms with Gasteiger partial charge in [-0.3, -0.25) is 14.9 Å². The molecule has 2 amide bonds. The first-order chi connectivity index (χ1) is 14.1. The third kappa shape index (κ3) is 2.91. The highest BCUT2D eigenvalue weighted by Crippen LogP contribution is 2.55. The lowest BCUT2D eigenvalue weighted by Gasteiger charge is -2.46. The molecule has 3 aromatic rings. The number of hydrogen-bond acceptors (Lipinski definition) is 5. The maximum Gasteiger partial charge on any atom is 0.296 e. The van der Waals surface area contributed by atoms with Gasteiger partial charge in [-0.15, -0.1) is 0 Å². The molecule has 1 spiro atoms. The molecule has 1 saturated heterocycles. The largest absolute Gasteiger partial charge is 0.351 e. The Morgan fingerprint density at radius 2 is 2.10 bits per heavy atom. The fourth-order valence-electron chi connectivity index (χ4n) is 4.71. The Balaban J connectivity index is 1.41. The van der Waals surface area contributed by atoms with Crippen molar-refractivity contribution in [3.05, 3.63) is 54.9 Å². The van der Waals surface area contributed by atoms with E-state index in [1.807, 2.05) is 29.2 Å². The summed E-state index contributed by atoms with van der Waals surface area (Å²) in [7, 11) is 0. The van der Waals surface area contributed by atoms with Gasteiger partial charge in [0.1, 0.15) is 0 Å². The normalized spacial score (nSPS) is 23.3. The van der Waals surface area contributed by atoms with Crippen molar-refractivity contribution in [2.75, 3.05) is 18.4 Å². The Bertz CT molecular complexity index is 1090. The predicted octanol–water partition coefficient (Wildman–Crippen LogP) is 3.02. The summed E-state index contributed by atoms with van der Waals surface area (Å²) in [5, 5.41) is 6.45. The molecule has 1 saturated carbocycles. The molecule has 8 nitrogen and oxygen atoms in total. The number of hydrogen-bond donors (Lipinski definition) is 1. The first kappa shape index (κ1) is 17.7. The maximum atomic E-state index is 12.5. The van der Waals surface area contributed by atoms with E-state index in [0.29, 0.717) is 5.95 Å². The topological polar surface area (TPSA) is 93.3 Å². The zero-order valence-electron chi connectivity index (χ0n) is 15.9. The smallest absolute Gasteiger partial charge is 0.296 e. The predicted molar refractivity (Wildman–Crippen MR) is 106 cm³/mol. The van der Waals surface area contributed by atoms with E-state index in [0.717, 1.165) is 43.4 Å². The van der Waals surface area contributed by atoms with Crippen molar-refractivity contribution in [2.45, 2.75) is 25.3 Å². The van der Waals surface area contributed by atoms with E-state index >= 15 is 0 Å². The Labute approximate surface area is 167 Å². The highest BCUT2D eigenvalue weighted by molar-refractivity contribution is 6.02. The number of likely N-dealkylation sites (tertiary alicyclic amines) is 1. The van der Waals surface area contributed by atoms with Gasteiger partial charge in [0.2, 0.25) is 17.6 Å². The van der Waals surface area contributed by atoms with E-state index in [1.165, 1.54) is 18.3 Å². The van der Waals surface area contributed by atoms with Gasteiger partial charge in [-0.25, -0.2) is 4.98 Å². The number of rotatable bonds is 4. The van der Waals surface area contributed by atoms with Crippen molar-refractivity contribution >= 4 is 28.8 Å². The second-order valence-electron chi connectivity index (χ2n) is 7.90. The standard InChI is InChI=1S/C21H21N5O3/c1-2-18(27)25-10-8-21(13-25)11-14(12-21)26-16-6-4-3-5-15(16)23-20(26)24-19(28)17-7-9-22-29-17/h2-7,9,14H,1,8,10-13H2,(H,23,24,28). The van der Waals surface area contributed by atoms with Gasteiger partial charge in [0.15, 0.2) is 0 Å². The zero-order valence-corrected chi connectivity index (χ0v) is 15.9. The van der Waals surface area contributed by atoms with Gasteiger partial charge in [-0.05, 0) is 42.9 Å². The molecule has 0 unspecified atom stereocenters. The Morgan fingerprint density at radius 3 is 2.86 bits per heavy atom. The molecule has 1 aromatic carbocycles. The number of carbonyl (C=O) groups is 2. The molecule has 29 heavy (non-hydrogen) atoms. The van der Waals surface area contributed by atoms with Gasteiger partial charge >= 0.3 is 0 Å². The van der Waals surface area contributed by atoms with Crippen molar-refractivity contribution < 1.29 is 14.1 Å². The van der Waals surface area contributed by atoms with Crippen molar-refractivity contribution in [2.24, 2.45) is 5.41 Å². The van der Waals surface area contributed by atoms with Crippen LogP contribution in [0.2, 0.25) is 0 Å². The summed E-state index contributed by atoms with van der Waals surface area (Å²) in [6, 6.07) is 9.58. The number of nitrogens with zero attached hydrogens (tertiary/aromatic N) is 4. The van der Waals surface area contributed by atoms with Crippen LogP contribution in [-0.2, 0) is 4.79 Å². The number of nitrogens with one attached hydrogen (secondary N) is 1. The minimum Gasteiger partial charge on any atom is -0.351 e. The van der Waals surface area contributed by atoms with E-state index in [9.17, 15) is 9.59 Å². The van der Waals surface area contributed by atoms with Crippen molar-refractivity contribution in [3.63, 3.8) is 0 Å². The van der Waals surface area contributed by atoms with Gasteiger partial charge in [0, 0.05) is 25.2 Å². The van der Waals surface area contributed by atoms with Gasteiger partial charge in [0.05, 0.1) is 17.2 Å². The molecule has 1 N–H and O–H groups in total. The third-order valence-corrected chi connectivity index (χ3v) is 6.11. The second kappa shape index (κ2) is 6.58. The molecule has 8 heteroatoms. The number of para-hydroxylation sites is 2. The highest BCUT2D eigenvalue weighted by atomic mass is 16.5. The first-order valence-corrected chi connectivity index (χ1v) is 9.69. The molecule has 1 aliphatic carbocycles. The fourth-order valence-corrected chi connectivity index (χ4v) is 4.71. The first-order valence-electron chi connectivity index (χ1n) is 9.69. The quantitative estimate of drug-likeness (QED) is 0.690. The molecule has 0 radical (unpaired) electrons. The minimum absolute atomic E-state index is 0.00147. The van der Waals surface area contributed by atoms with Gasteiger partial charge in [-0.1, -0.05) is 23.9 Å². The molecular weight excluding hydrogens is 370 g/mol. The number of fused-ring (bicyclic) bond motifs is 1. The number of carbonyl (C=O) groups excluding carboxylic acids is 2. The van der Waals surface area contributed by atoms with E-state index in [1.54, 1.807) is 0 Å². The molecule has 2 fully saturated rings. The SMILES string of the molecule is C=CC(=O)N1CCC2(CC(n3c(NC(=O)c4ccno4)nc4ccccc43)C2)C1. The van der Waals surface area contributed by atoms with Crippen molar-refractivity contribution in [1.82, 2.24) is 19.6 Å². The zero-order chi connectivity index (χ0) is 20.0. The lowest BCUT2D eigenvalue weighted by atomic mass is 9.65. The number of aromatic nitrogens is 3. The highest BCUT2D eigenvalue weighted by Gasteiger charge is 2.50. The number of amides is 2. The molecule has 0 atom stereocenters. The van der Waals surface area contributed by atoms with Gasteiger partial charge in [-0.2, -0.15) is 0 Å². The summed E-state index contributed by atoms with van der Waals surface area (Å²) in [6.07, 6.45) is 5.70. The van der Waals surface area contributed by atoms with Crippen LogP contribution in [0.3, 0.4) is 0 Å². The summed E-state index contributed by atoms with van der Waals surface area (Å²) in [6.45, 7) is 5.13. The molecule has 2 aliphatic rings. The molecule has 2 aromatic heterocycles. The Hall–Kier alpha value is -3.42. The minimum atomic E-state index is -0.378. The van der Waals surface area contributed by atoms with Crippen LogP contribution >= 0.6 is 0 Å². The van der Waals surface area contributed by atoms with E-state index < -0.39 is 0 Å². The molecular formula is C21H21N5O3. The van der Waals surface area contributed by atoms with Crippen LogP contribution in [0.1, 0.15) is 35.9 Å². The molecule has 148 valence electrons. The summed E-state index contributed by atoms with van der Waals surface area (Å²) in [5.41, 5.74) is 1.95. The number of imidazole rings is 1. The number of anilines is 1. The molecule has 1 aliphatic heterocycles. The lowest BCUT2D eigenvalue weighted by molar-refractivity contribution is -0.125. The summed E-state index contributed by atoms with van der Waals surface area (Å²) in [4.78, 5) is 30.9. The third-order valence-electron chi connectivity index (χ3n) is 6.11. The van der Waals surface area contributed by atoms with Crippen LogP contribution < -0.4 is 5.32 Å². The van der Waals surface area contributed by atoms with Gasteiger partial charge < -0.3 is 14.0 Å². The molecule has 0 bridgehead atoms. The summed E-state index contributed by atoms with van der Waals surface area (Å²) in [5.74, 6) is 0.266. The van der Waals surface area contributed by atoms with Crippen LogP contribution in [0.4, 0.5) is 5.95 Å². The second-order valence-corrected chi connectivity index (χ2v) is 7.90. The van der Waals surface area contributed by atoms with Gasteiger partial charge in [0.25, 0.3) is 5.91 Å². The monoisotopic (exact) mass is 391 g/mol. The fraction of sp³-hybridized carbons (Fsp3) is 0.333. The van der Waals surface area contributed by atoms with Crippen LogP contribution in [-0.4, -0.2) is 44.5 Å². The number of benzene rings is 1. The average Bonchev–Trinajstić information content (AvgIpc) is 3.43. The van der Waals surface area contributed by atoms with Crippen LogP contribution in [0, 0.1) is 5.41 Å². The summed E-state index contributed by atoms with van der Waals surface area (Å²) >= 11 is 0. The van der Waals surface area contributed by atoms with Crippen LogP contribution in [0.25, 0.3) is 11.0 Å². The Kier molecular flexibility index (Phi) is 4.01. The van der Waals surface area contributed by atoms with Crippen LogP contribution in [0.15, 0.2) is 53.7 Å². The Morgan fingerprint density at radius 1 is 1.28 bits per heavy atom. The van der Waals surface area contributed by atoms with Crippen LogP contribution in [0.5, 0.6) is 0 Å². The molecule has 5 rings (SSSR count). The van der Waals surface area contributed by atoms with E-state index in [4.69, 9.17) is 4.52 Å². The lowest BCUT2D eigenvalue weighted by Crippen LogP contribution is -2.42.